The molecule has 0 spiro atoms. The van der Waals surface area contributed by atoms with Gasteiger partial charge >= 0.3 is 6.18 Å². The van der Waals surface area contributed by atoms with Crippen LogP contribution in [-0.2, 0) is 0 Å². The van der Waals surface area contributed by atoms with Crippen LogP contribution in [0.25, 0.3) is 6.08 Å². The fraction of sp³-hybridized carbons (Fsp3) is 0.500. The molecule has 24 heavy (non-hydrogen) atoms. The van der Waals surface area contributed by atoms with E-state index in [1.165, 1.54) is 12.1 Å². The van der Waals surface area contributed by atoms with E-state index < -0.39 is 12.0 Å². The molecule has 0 N–H and O–H groups in total. The van der Waals surface area contributed by atoms with Crippen LogP contribution in [0.4, 0.5) is 17.6 Å². The molecule has 1 aliphatic carbocycles. The van der Waals surface area contributed by atoms with Gasteiger partial charge in [-0.05, 0) is 68.1 Å². The quantitative estimate of drug-likeness (QED) is 0.398. The Bertz CT molecular complexity index is 576. The van der Waals surface area contributed by atoms with E-state index in [1.807, 2.05) is 0 Å². The van der Waals surface area contributed by atoms with Crippen molar-refractivity contribution < 1.29 is 17.6 Å². The van der Waals surface area contributed by atoms with Gasteiger partial charge in [0, 0.05) is 11.6 Å². The van der Waals surface area contributed by atoms with E-state index in [0.29, 0.717) is 11.8 Å². The van der Waals surface area contributed by atoms with Crippen LogP contribution in [0.2, 0.25) is 0 Å². The number of allylic oxidation sites excluding steroid dienone is 3. The minimum Gasteiger partial charge on any atom is -0.206 e. The Balaban J connectivity index is 1.95. The van der Waals surface area contributed by atoms with Gasteiger partial charge in [0.05, 0.1) is 0 Å². The average Bonchev–Trinajstić information content (AvgIpc) is 2.54. The highest BCUT2D eigenvalue weighted by Crippen LogP contribution is 2.37. The monoisotopic (exact) mass is 340 g/mol. The second-order valence-electron chi connectivity index (χ2n) is 6.49. The summed E-state index contributed by atoms with van der Waals surface area (Å²) in [6.45, 7) is 2.12. The molecule has 1 saturated carbocycles. The minimum absolute atomic E-state index is 0.0190. The van der Waals surface area contributed by atoms with Gasteiger partial charge in [-0.2, -0.15) is 13.2 Å². The lowest BCUT2D eigenvalue weighted by atomic mass is 9.77. The van der Waals surface area contributed by atoms with E-state index in [1.54, 1.807) is 6.07 Å². The lowest BCUT2D eigenvalue weighted by Crippen LogP contribution is -2.13. The van der Waals surface area contributed by atoms with Crippen LogP contribution < -0.4 is 0 Å². The highest BCUT2D eigenvalue weighted by atomic mass is 19.4. The highest BCUT2D eigenvalue weighted by Gasteiger charge is 2.23. The Morgan fingerprint density at radius 3 is 2.38 bits per heavy atom. The maximum atomic E-state index is 14.0. The van der Waals surface area contributed by atoms with Gasteiger partial charge in [0.1, 0.15) is 5.82 Å². The molecular formula is C20H24F4. The fourth-order valence-corrected chi connectivity index (χ4v) is 3.30. The summed E-state index contributed by atoms with van der Waals surface area (Å²) >= 11 is 0. The molecule has 0 unspecified atom stereocenters. The molecule has 0 amide bonds. The molecular weight excluding hydrogens is 316 g/mol. The summed E-state index contributed by atoms with van der Waals surface area (Å²) in [6.07, 6.45) is 7.31. The maximum absolute atomic E-state index is 14.0. The topological polar surface area (TPSA) is 0 Å². The summed E-state index contributed by atoms with van der Waals surface area (Å²) < 4.78 is 50.6. The molecule has 0 aliphatic heterocycles. The molecule has 0 saturated heterocycles. The summed E-state index contributed by atoms with van der Waals surface area (Å²) in [5.41, 5.74) is 0.883. The predicted octanol–water partition coefficient (Wildman–Crippen LogP) is 7.03. The average molecular weight is 340 g/mol. The lowest BCUT2D eigenvalue weighted by Gasteiger charge is -2.28. The standard InChI is InChI=1S/C20H24F4/c1-2-3-4-5-15-6-8-16(9-7-15)18-11-10-17(19(21)14-18)12-13-20(22,23)24/h3-4,10-16H,2,5-9H2,1H3. The summed E-state index contributed by atoms with van der Waals surface area (Å²) in [5, 5.41) is 0. The Kier molecular flexibility index (Phi) is 6.64. The molecule has 0 radical (unpaired) electrons. The van der Waals surface area contributed by atoms with Gasteiger partial charge in [0.15, 0.2) is 0 Å². The summed E-state index contributed by atoms with van der Waals surface area (Å²) in [4.78, 5) is 0. The second-order valence-corrected chi connectivity index (χ2v) is 6.49. The SMILES string of the molecule is CCC=CCC1CCC(c2ccc(C=CC(F)(F)F)c(F)c2)CC1. The van der Waals surface area contributed by atoms with Crippen LogP contribution >= 0.6 is 0 Å². The van der Waals surface area contributed by atoms with Crippen molar-refractivity contribution in [3.63, 3.8) is 0 Å². The molecule has 1 aromatic rings. The first-order chi connectivity index (χ1) is 11.4. The van der Waals surface area contributed by atoms with Gasteiger partial charge < -0.3 is 0 Å². The Morgan fingerprint density at radius 1 is 1.08 bits per heavy atom. The third-order valence-corrected chi connectivity index (χ3v) is 4.67. The van der Waals surface area contributed by atoms with Gasteiger partial charge in [-0.3, -0.25) is 0 Å². The van der Waals surface area contributed by atoms with Gasteiger partial charge in [-0.15, -0.1) is 0 Å². The number of rotatable bonds is 5. The van der Waals surface area contributed by atoms with Crippen molar-refractivity contribution in [2.24, 2.45) is 5.92 Å². The van der Waals surface area contributed by atoms with Crippen LogP contribution in [0.5, 0.6) is 0 Å². The van der Waals surface area contributed by atoms with Crippen LogP contribution in [-0.4, -0.2) is 6.18 Å². The van der Waals surface area contributed by atoms with E-state index in [-0.39, 0.29) is 11.6 Å². The van der Waals surface area contributed by atoms with Gasteiger partial charge in [0.25, 0.3) is 0 Å². The van der Waals surface area contributed by atoms with Crippen molar-refractivity contribution in [3.05, 3.63) is 53.4 Å². The third kappa shape index (κ3) is 5.81. The molecule has 1 fully saturated rings. The lowest BCUT2D eigenvalue weighted by molar-refractivity contribution is -0.0790. The first-order valence-corrected chi connectivity index (χ1v) is 8.59. The van der Waals surface area contributed by atoms with Crippen LogP contribution in [0.15, 0.2) is 36.4 Å². The molecule has 0 bridgehead atoms. The van der Waals surface area contributed by atoms with Crippen molar-refractivity contribution in [3.8, 4) is 0 Å². The molecule has 132 valence electrons. The molecule has 0 aromatic heterocycles. The number of halogens is 4. The first kappa shape index (κ1) is 18.8. The zero-order chi connectivity index (χ0) is 17.6. The van der Waals surface area contributed by atoms with E-state index >= 15 is 0 Å². The molecule has 1 aromatic carbocycles. The second kappa shape index (κ2) is 8.50. The van der Waals surface area contributed by atoms with Crippen molar-refractivity contribution >= 4 is 6.08 Å². The molecule has 0 atom stereocenters. The van der Waals surface area contributed by atoms with E-state index in [2.05, 4.69) is 19.1 Å². The number of hydrogen-bond acceptors (Lipinski definition) is 0. The highest BCUT2D eigenvalue weighted by molar-refractivity contribution is 5.51. The van der Waals surface area contributed by atoms with E-state index in [0.717, 1.165) is 50.2 Å². The van der Waals surface area contributed by atoms with Gasteiger partial charge in [-0.1, -0.05) is 31.2 Å². The minimum atomic E-state index is -4.42. The largest absolute Gasteiger partial charge is 0.409 e. The van der Waals surface area contributed by atoms with Gasteiger partial charge in [-0.25, -0.2) is 4.39 Å². The normalized spacial score (nSPS) is 22.5. The molecule has 2 rings (SSSR count). The van der Waals surface area contributed by atoms with E-state index in [9.17, 15) is 17.6 Å². The van der Waals surface area contributed by atoms with Gasteiger partial charge in [0.2, 0.25) is 0 Å². The zero-order valence-corrected chi connectivity index (χ0v) is 14.0. The number of benzene rings is 1. The number of hydrogen-bond donors (Lipinski definition) is 0. The smallest absolute Gasteiger partial charge is 0.206 e. The van der Waals surface area contributed by atoms with Crippen molar-refractivity contribution in [1.82, 2.24) is 0 Å². The summed E-state index contributed by atoms with van der Waals surface area (Å²) in [5.74, 6) is 0.426. The van der Waals surface area contributed by atoms with Crippen molar-refractivity contribution in [2.75, 3.05) is 0 Å². The summed E-state index contributed by atoms with van der Waals surface area (Å²) in [6, 6.07) is 4.61. The fourth-order valence-electron chi connectivity index (χ4n) is 3.30. The molecule has 4 heteroatoms. The first-order valence-electron chi connectivity index (χ1n) is 8.59. The maximum Gasteiger partial charge on any atom is 0.409 e. The van der Waals surface area contributed by atoms with Crippen molar-refractivity contribution in [1.29, 1.82) is 0 Å². The molecule has 0 heterocycles. The third-order valence-electron chi connectivity index (χ3n) is 4.67. The van der Waals surface area contributed by atoms with E-state index in [4.69, 9.17) is 0 Å². The number of alkyl halides is 3. The van der Waals surface area contributed by atoms with Crippen LogP contribution in [0.3, 0.4) is 0 Å². The van der Waals surface area contributed by atoms with Crippen LogP contribution in [0, 0.1) is 11.7 Å². The Labute approximate surface area is 141 Å². The van der Waals surface area contributed by atoms with Crippen molar-refractivity contribution in [2.45, 2.75) is 57.5 Å². The summed E-state index contributed by atoms with van der Waals surface area (Å²) in [7, 11) is 0. The Morgan fingerprint density at radius 2 is 1.79 bits per heavy atom. The molecule has 0 nitrogen and oxygen atoms in total. The predicted molar refractivity (Wildman–Crippen MR) is 90.2 cm³/mol. The van der Waals surface area contributed by atoms with Crippen LogP contribution in [0.1, 0.15) is 62.5 Å². The molecule has 1 aliphatic rings. The zero-order valence-electron chi connectivity index (χ0n) is 14.0. The Hall–Kier alpha value is -1.58.